The summed E-state index contributed by atoms with van der Waals surface area (Å²) in [5, 5.41) is 6.27. The molecule has 150 valence electrons. The molecule has 0 spiro atoms. The first-order valence-electron chi connectivity index (χ1n) is 9.86. The van der Waals surface area contributed by atoms with Gasteiger partial charge in [0.2, 0.25) is 0 Å². The Hall–Kier alpha value is -3.41. The lowest BCUT2D eigenvalue weighted by molar-refractivity contribution is 0.0946. The van der Waals surface area contributed by atoms with Crippen molar-refractivity contribution < 1.29 is 4.79 Å². The van der Waals surface area contributed by atoms with E-state index in [1.807, 2.05) is 18.2 Å². The molecule has 6 heteroatoms. The van der Waals surface area contributed by atoms with Gasteiger partial charge in [0.05, 0.1) is 0 Å². The Bertz CT molecular complexity index is 954. The molecule has 3 rings (SSSR count). The van der Waals surface area contributed by atoms with Crippen LogP contribution in [0.25, 0.3) is 0 Å². The summed E-state index contributed by atoms with van der Waals surface area (Å²) in [5.74, 6) is -0.217. The van der Waals surface area contributed by atoms with E-state index in [4.69, 9.17) is 0 Å². The zero-order valence-corrected chi connectivity index (χ0v) is 17.1. The van der Waals surface area contributed by atoms with Crippen molar-refractivity contribution >= 4 is 23.0 Å². The van der Waals surface area contributed by atoms with E-state index in [0.717, 1.165) is 35.6 Å². The highest BCUT2D eigenvalue weighted by Gasteiger charge is 2.09. The molecule has 0 saturated heterocycles. The minimum absolute atomic E-state index is 0.217. The summed E-state index contributed by atoms with van der Waals surface area (Å²) in [6.07, 6.45) is 5.08. The van der Waals surface area contributed by atoms with Gasteiger partial charge in [0.1, 0.15) is 5.69 Å². The van der Waals surface area contributed by atoms with Crippen LogP contribution in [0.2, 0.25) is 0 Å². The lowest BCUT2D eigenvalue weighted by atomic mass is 10.1. The van der Waals surface area contributed by atoms with Crippen molar-refractivity contribution in [2.75, 3.05) is 23.3 Å². The van der Waals surface area contributed by atoms with Gasteiger partial charge in [-0.25, -0.2) is 0 Å². The normalized spacial score (nSPS) is 10.4. The molecule has 0 bridgehead atoms. The molecular weight excluding hydrogens is 362 g/mol. The van der Waals surface area contributed by atoms with Crippen LogP contribution >= 0.6 is 0 Å². The average molecular weight is 390 g/mol. The number of aryl methyl sites for hydroxylation is 1. The number of nitrogens with one attached hydrogen (secondary N) is 2. The number of carbonyl (C=O) groups is 1. The number of benzene rings is 1. The number of amides is 1. The number of nitrogens with zero attached hydrogens (tertiary/aromatic N) is 3. The molecule has 0 saturated carbocycles. The van der Waals surface area contributed by atoms with E-state index in [-0.39, 0.29) is 5.91 Å². The Morgan fingerprint density at radius 1 is 1.07 bits per heavy atom. The van der Waals surface area contributed by atoms with Crippen molar-refractivity contribution in [1.82, 2.24) is 15.3 Å². The molecule has 0 aliphatic carbocycles. The van der Waals surface area contributed by atoms with Gasteiger partial charge in [-0.05, 0) is 68.3 Å². The summed E-state index contributed by atoms with van der Waals surface area (Å²) in [6, 6.07) is 13.8. The zero-order chi connectivity index (χ0) is 20.6. The van der Waals surface area contributed by atoms with Crippen LogP contribution in [0.4, 0.5) is 17.1 Å². The largest absolute Gasteiger partial charge is 0.372 e. The summed E-state index contributed by atoms with van der Waals surface area (Å²) in [6.45, 7) is 8.76. The zero-order valence-electron chi connectivity index (χ0n) is 17.1. The fourth-order valence-corrected chi connectivity index (χ4v) is 3.14. The molecule has 1 aromatic carbocycles. The SMILES string of the molecule is CCN(CC)c1ccc(Nc2ccnc(C(=O)NCc3cccnc3)c2)c(C)c1. The topological polar surface area (TPSA) is 70.2 Å². The molecular formula is C23H27N5O. The Kier molecular flexibility index (Phi) is 6.79. The van der Waals surface area contributed by atoms with Gasteiger partial charge in [-0.2, -0.15) is 0 Å². The third-order valence-electron chi connectivity index (χ3n) is 4.79. The maximum absolute atomic E-state index is 12.4. The summed E-state index contributed by atoms with van der Waals surface area (Å²) >= 11 is 0. The maximum Gasteiger partial charge on any atom is 0.270 e. The molecule has 6 nitrogen and oxygen atoms in total. The van der Waals surface area contributed by atoms with Crippen LogP contribution in [0.1, 0.15) is 35.5 Å². The molecule has 0 radical (unpaired) electrons. The van der Waals surface area contributed by atoms with Crippen LogP contribution in [0, 0.1) is 6.92 Å². The molecule has 1 amide bonds. The second-order valence-electron chi connectivity index (χ2n) is 6.77. The van der Waals surface area contributed by atoms with E-state index in [9.17, 15) is 4.79 Å². The van der Waals surface area contributed by atoms with E-state index in [0.29, 0.717) is 12.2 Å². The fourth-order valence-electron chi connectivity index (χ4n) is 3.14. The van der Waals surface area contributed by atoms with Gasteiger partial charge in [-0.15, -0.1) is 0 Å². The molecule has 0 atom stereocenters. The number of hydrogen-bond donors (Lipinski definition) is 2. The first kappa shape index (κ1) is 20.3. The summed E-state index contributed by atoms with van der Waals surface area (Å²) in [7, 11) is 0. The van der Waals surface area contributed by atoms with Crippen LogP contribution in [0.3, 0.4) is 0 Å². The number of carbonyl (C=O) groups excluding carboxylic acids is 1. The van der Waals surface area contributed by atoms with Gasteiger partial charge in [-0.1, -0.05) is 6.07 Å². The van der Waals surface area contributed by atoms with E-state index in [1.54, 1.807) is 24.7 Å². The second kappa shape index (κ2) is 9.68. The first-order chi connectivity index (χ1) is 14.1. The molecule has 2 aromatic heterocycles. The predicted octanol–water partition coefficient (Wildman–Crippen LogP) is 4.30. The Morgan fingerprint density at radius 2 is 1.90 bits per heavy atom. The van der Waals surface area contributed by atoms with Crippen molar-refractivity contribution in [2.45, 2.75) is 27.3 Å². The minimum Gasteiger partial charge on any atom is -0.372 e. The first-order valence-corrected chi connectivity index (χ1v) is 9.86. The number of hydrogen-bond acceptors (Lipinski definition) is 5. The van der Waals surface area contributed by atoms with Crippen molar-refractivity contribution in [2.24, 2.45) is 0 Å². The summed E-state index contributed by atoms with van der Waals surface area (Å²) in [4.78, 5) is 23.0. The van der Waals surface area contributed by atoms with Crippen LogP contribution in [0.5, 0.6) is 0 Å². The van der Waals surface area contributed by atoms with Crippen LogP contribution in [0.15, 0.2) is 61.1 Å². The van der Waals surface area contributed by atoms with Gasteiger partial charge in [0.25, 0.3) is 5.91 Å². The number of anilines is 3. The Balaban J connectivity index is 1.68. The molecule has 2 N–H and O–H groups in total. The van der Waals surface area contributed by atoms with Crippen LogP contribution < -0.4 is 15.5 Å². The molecule has 0 fully saturated rings. The minimum atomic E-state index is -0.217. The lowest BCUT2D eigenvalue weighted by Crippen LogP contribution is -2.23. The molecule has 0 aliphatic rings. The van der Waals surface area contributed by atoms with Gasteiger partial charge in [-0.3, -0.25) is 14.8 Å². The highest BCUT2D eigenvalue weighted by atomic mass is 16.1. The number of pyridine rings is 2. The van der Waals surface area contributed by atoms with Gasteiger partial charge < -0.3 is 15.5 Å². The van der Waals surface area contributed by atoms with E-state index in [2.05, 4.69) is 64.5 Å². The summed E-state index contributed by atoms with van der Waals surface area (Å²) < 4.78 is 0. The van der Waals surface area contributed by atoms with Crippen molar-refractivity contribution in [3.8, 4) is 0 Å². The molecule has 2 heterocycles. The predicted molar refractivity (Wildman–Crippen MR) is 118 cm³/mol. The Morgan fingerprint density at radius 3 is 2.59 bits per heavy atom. The monoisotopic (exact) mass is 389 g/mol. The molecule has 3 aromatic rings. The highest BCUT2D eigenvalue weighted by molar-refractivity contribution is 5.93. The molecule has 0 aliphatic heterocycles. The van der Waals surface area contributed by atoms with E-state index < -0.39 is 0 Å². The quantitative estimate of drug-likeness (QED) is 0.601. The van der Waals surface area contributed by atoms with E-state index in [1.165, 1.54) is 5.69 Å². The average Bonchev–Trinajstić information content (AvgIpc) is 2.75. The van der Waals surface area contributed by atoms with Gasteiger partial charge >= 0.3 is 0 Å². The Labute approximate surface area is 172 Å². The van der Waals surface area contributed by atoms with Crippen molar-refractivity contribution in [3.05, 3.63) is 77.9 Å². The van der Waals surface area contributed by atoms with Gasteiger partial charge in [0.15, 0.2) is 0 Å². The van der Waals surface area contributed by atoms with Crippen LogP contribution in [-0.4, -0.2) is 29.0 Å². The fraction of sp³-hybridized carbons (Fsp3) is 0.261. The van der Waals surface area contributed by atoms with Gasteiger partial charge in [0, 0.05) is 55.3 Å². The highest BCUT2D eigenvalue weighted by Crippen LogP contribution is 2.25. The number of aromatic nitrogens is 2. The standard InChI is InChI=1S/C23H27N5O/c1-4-28(5-2)20-8-9-21(17(3)13-20)27-19-10-12-25-22(14-19)23(29)26-16-18-7-6-11-24-15-18/h6-15H,4-5,16H2,1-3H3,(H,25,27)(H,26,29). The van der Waals surface area contributed by atoms with E-state index >= 15 is 0 Å². The van der Waals surface area contributed by atoms with Crippen molar-refractivity contribution in [3.63, 3.8) is 0 Å². The molecule has 0 unspecified atom stereocenters. The maximum atomic E-state index is 12.4. The third-order valence-corrected chi connectivity index (χ3v) is 4.79. The third kappa shape index (κ3) is 5.31. The molecule has 29 heavy (non-hydrogen) atoms. The lowest BCUT2D eigenvalue weighted by Gasteiger charge is -2.22. The van der Waals surface area contributed by atoms with Crippen LogP contribution in [-0.2, 0) is 6.54 Å². The number of rotatable bonds is 8. The summed E-state index contributed by atoms with van der Waals surface area (Å²) in [5.41, 5.74) is 5.51. The second-order valence-corrected chi connectivity index (χ2v) is 6.77. The van der Waals surface area contributed by atoms with Crippen molar-refractivity contribution in [1.29, 1.82) is 0 Å². The smallest absolute Gasteiger partial charge is 0.270 e.